The Labute approximate surface area is 190 Å². The van der Waals surface area contributed by atoms with Gasteiger partial charge in [-0.3, -0.25) is 19.2 Å². The molecule has 0 atom stereocenters. The minimum atomic E-state index is -4.19. The van der Waals surface area contributed by atoms with Crippen LogP contribution in [0.4, 0.5) is 17.1 Å². The molecule has 3 aromatic rings. The molecule has 0 bridgehead atoms. The summed E-state index contributed by atoms with van der Waals surface area (Å²) in [7, 11) is -1.39. The quantitative estimate of drug-likeness (QED) is 0.374. The predicted molar refractivity (Wildman–Crippen MR) is 122 cm³/mol. The van der Waals surface area contributed by atoms with E-state index in [1.54, 1.807) is 24.3 Å². The average Bonchev–Trinajstić information content (AvgIpc) is 2.82. The molecule has 3 aromatic carbocycles. The first-order valence-corrected chi connectivity index (χ1v) is 11.0. The monoisotopic (exact) mass is 471 g/mol. The van der Waals surface area contributed by atoms with Crippen LogP contribution in [0.5, 0.6) is 11.5 Å². The standard InChI is InChI=1S/C22H21N3O7S/c1-31-18-11-12-21(32-2)20(14-18)24(33(29,30)19-9-4-3-5-10-19)15-22(26)23-16-7-6-8-17(13-16)25(27)28/h3-14H,15H2,1-2H3,(H,23,26). The van der Waals surface area contributed by atoms with E-state index in [4.69, 9.17) is 9.47 Å². The van der Waals surface area contributed by atoms with Gasteiger partial charge in [0.2, 0.25) is 5.91 Å². The fraction of sp³-hybridized carbons (Fsp3) is 0.136. The van der Waals surface area contributed by atoms with Gasteiger partial charge in [-0.25, -0.2) is 8.42 Å². The Hall–Kier alpha value is -4.12. The molecule has 0 spiro atoms. The van der Waals surface area contributed by atoms with Crippen molar-refractivity contribution in [1.82, 2.24) is 0 Å². The van der Waals surface area contributed by atoms with Crippen LogP contribution in [0.1, 0.15) is 0 Å². The highest BCUT2D eigenvalue weighted by molar-refractivity contribution is 7.92. The number of methoxy groups -OCH3 is 2. The van der Waals surface area contributed by atoms with Gasteiger partial charge in [0.25, 0.3) is 15.7 Å². The summed E-state index contributed by atoms with van der Waals surface area (Å²) in [4.78, 5) is 23.2. The van der Waals surface area contributed by atoms with E-state index in [0.29, 0.717) is 5.75 Å². The number of nitrogens with one attached hydrogen (secondary N) is 1. The molecule has 0 heterocycles. The maximum Gasteiger partial charge on any atom is 0.271 e. The van der Waals surface area contributed by atoms with E-state index in [1.165, 1.54) is 62.8 Å². The van der Waals surface area contributed by atoms with E-state index in [9.17, 15) is 23.3 Å². The van der Waals surface area contributed by atoms with Crippen molar-refractivity contribution in [3.63, 3.8) is 0 Å². The van der Waals surface area contributed by atoms with Crippen molar-refractivity contribution in [2.24, 2.45) is 0 Å². The third-order valence-electron chi connectivity index (χ3n) is 4.61. The van der Waals surface area contributed by atoms with E-state index in [-0.39, 0.29) is 27.7 Å². The van der Waals surface area contributed by atoms with Gasteiger partial charge in [-0.2, -0.15) is 0 Å². The number of rotatable bonds is 9. The SMILES string of the molecule is COc1ccc(OC)c(N(CC(=O)Nc2cccc([N+](=O)[O-])c2)S(=O)(=O)c2ccccc2)c1. The molecule has 1 N–H and O–H groups in total. The number of amides is 1. The average molecular weight is 471 g/mol. The molecule has 0 unspecified atom stereocenters. The second-order valence-corrected chi connectivity index (χ2v) is 8.58. The highest BCUT2D eigenvalue weighted by atomic mass is 32.2. The number of anilines is 2. The first-order valence-electron chi connectivity index (χ1n) is 9.60. The van der Waals surface area contributed by atoms with Crippen LogP contribution >= 0.6 is 0 Å². The molecule has 33 heavy (non-hydrogen) atoms. The molecular weight excluding hydrogens is 450 g/mol. The van der Waals surface area contributed by atoms with Gasteiger partial charge in [0.05, 0.1) is 29.7 Å². The molecular formula is C22H21N3O7S. The first kappa shape index (κ1) is 23.5. The van der Waals surface area contributed by atoms with Crippen LogP contribution in [-0.2, 0) is 14.8 Å². The van der Waals surface area contributed by atoms with Crippen LogP contribution in [0.15, 0.2) is 77.7 Å². The molecule has 1 amide bonds. The van der Waals surface area contributed by atoms with E-state index in [2.05, 4.69) is 5.32 Å². The molecule has 0 aliphatic rings. The van der Waals surface area contributed by atoms with Gasteiger partial charge in [-0.15, -0.1) is 0 Å². The lowest BCUT2D eigenvalue weighted by Gasteiger charge is -2.26. The highest BCUT2D eigenvalue weighted by Crippen LogP contribution is 2.35. The molecule has 10 nitrogen and oxygen atoms in total. The van der Waals surface area contributed by atoms with Crippen molar-refractivity contribution in [3.8, 4) is 11.5 Å². The Bertz CT molecular complexity index is 1260. The summed E-state index contributed by atoms with van der Waals surface area (Å²) in [5.41, 5.74) is 0.0368. The fourth-order valence-corrected chi connectivity index (χ4v) is 4.48. The van der Waals surface area contributed by atoms with Crippen LogP contribution in [0, 0.1) is 10.1 Å². The number of nitrogens with zero attached hydrogens (tertiary/aromatic N) is 2. The Morgan fingerprint density at radius 3 is 2.36 bits per heavy atom. The number of hydrogen-bond acceptors (Lipinski definition) is 7. The number of sulfonamides is 1. The van der Waals surface area contributed by atoms with Gasteiger partial charge in [0, 0.05) is 23.9 Å². The fourth-order valence-electron chi connectivity index (χ4n) is 3.04. The van der Waals surface area contributed by atoms with Gasteiger partial charge < -0.3 is 14.8 Å². The summed E-state index contributed by atoms with van der Waals surface area (Å²) >= 11 is 0. The third kappa shape index (κ3) is 5.39. The zero-order chi connectivity index (χ0) is 24.0. The van der Waals surface area contributed by atoms with Crippen LogP contribution in [-0.4, -0.2) is 40.0 Å². The zero-order valence-electron chi connectivity index (χ0n) is 17.8. The van der Waals surface area contributed by atoms with Gasteiger partial charge in [-0.05, 0) is 30.3 Å². The van der Waals surface area contributed by atoms with Gasteiger partial charge >= 0.3 is 0 Å². The second kappa shape index (κ2) is 10.0. The number of nitro benzene ring substituents is 1. The lowest BCUT2D eigenvalue weighted by atomic mass is 10.2. The van der Waals surface area contributed by atoms with Crippen LogP contribution < -0.4 is 19.1 Å². The van der Waals surface area contributed by atoms with Crippen LogP contribution in [0.3, 0.4) is 0 Å². The normalized spacial score (nSPS) is 10.8. The van der Waals surface area contributed by atoms with E-state index in [1.807, 2.05) is 0 Å². The number of benzene rings is 3. The number of ether oxygens (including phenoxy) is 2. The van der Waals surface area contributed by atoms with Crippen molar-refractivity contribution in [3.05, 3.63) is 82.9 Å². The third-order valence-corrected chi connectivity index (χ3v) is 6.39. The maximum atomic E-state index is 13.5. The molecule has 0 saturated carbocycles. The lowest BCUT2D eigenvalue weighted by Crippen LogP contribution is -2.38. The molecule has 0 aromatic heterocycles. The van der Waals surface area contributed by atoms with Crippen LogP contribution in [0.25, 0.3) is 0 Å². The molecule has 172 valence electrons. The Kier molecular flexibility index (Phi) is 7.13. The van der Waals surface area contributed by atoms with Crippen molar-refractivity contribution in [1.29, 1.82) is 0 Å². The van der Waals surface area contributed by atoms with Crippen molar-refractivity contribution in [2.75, 3.05) is 30.4 Å². The van der Waals surface area contributed by atoms with Crippen molar-refractivity contribution >= 4 is 33.0 Å². The van der Waals surface area contributed by atoms with Crippen LogP contribution in [0.2, 0.25) is 0 Å². The molecule has 0 fully saturated rings. The highest BCUT2D eigenvalue weighted by Gasteiger charge is 2.30. The number of nitro groups is 1. The second-order valence-electron chi connectivity index (χ2n) is 6.72. The number of carbonyl (C=O) groups is 1. The summed E-state index contributed by atoms with van der Waals surface area (Å²) < 4.78 is 38.4. The molecule has 3 rings (SSSR count). The Morgan fingerprint density at radius 1 is 1.00 bits per heavy atom. The Balaban J connectivity index is 2.02. The lowest BCUT2D eigenvalue weighted by molar-refractivity contribution is -0.384. The van der Waals surface area contributed by atoms with Crippen molar-refractivity contribution < 1.29 is 27.6 Å². The smallest absolute Gasteiger partial charge is 0.271 e. The number of non-ortho nitro benzene ring substituents is 1. The first-order chi connectivity index (χ1) is 15.8. The summed E-state index contributed by atoms with van der Waals surface area (Å²) in [6.45, 7) is -0.622. The summed E-state index contributed by atoms with van der Waals surface area (Å²) in [5, 5.41) is 13.5. The largest absolute Gasteiger partial charge is 0.497 e. The minimum Gasteiger partial charge on any atom is -0.497 e. The molecule has 11 heteroatoms. The summed E-state index contributed by atoms with van der Waals surface area (Å²) in [6, 6.07) is 17.5. The summed E-state index contributed by atoms with van der Waals surface area (Å²) in [6.07, 6.45) is 0. The van der Waals surface area contributed by atoms with Gasteiger partial charge in [-0.1, -0.05) is 24.3 Å². The maximum absolute atomic E-state index is 13.5. The van der Waals surface area contributed by atoms with E-state index in [0.717, 1.165) is 4.31 Å². The minimum absolute atomic E-state index is 0.0296. The molecule has 0 aliphatic heterocycles. The van der Waals surface area contributed by atoms with E-state index >= 15 is 0 Å². The van der Waals surface area contributed by atoms with Gasteiger partial charge in [0.15, 0.2) is 0 Å². The number of carbonyl (C=O) groups excluding carboxylic acids is 1. The molecule has 0 saturated heterocycles. The predicted octanol–water partition coefficient (Wildman–Crippen LogP) is 3.45. The molecule has 0 aliphatic carbocycles. The Morgan fingerprint density at radius 2 is 1.73 bits per heavy atom. The number of hydrogen-bond donors (Lipinski definition) is 1. The zero-order valence-corrected chi connectivity index (χ0v) is 18.6. The van der Waals surface area contributed by atoms with Gasteiger partial charge in [0.1, 0.15) is 18.0 Å². The molecule has 0 radical (unpaired) electrons. The summed E-state index contributed by atoms with van der Waals surface area (Å²) in [5.74, 6) is -0.142. The topological polar surface area (TPSA) is 128 Å². The van der Waals surface area contributed by atoms with Crippen molar-refractivity contribution in [2.45, 2.75) is 4.90 Å². The van der Waals surface area contributed by atoms with E-state index < -0.39 is 27.4 Å².